The van der Waals surface area contributed by atoms with Gasteiger partial charge < -0.3 is 0 Å². The minimum absolute atomic E-state index is 0.0194. The number of nitrogens with zero attached hydrogens (tertiary/aromatic N) is 2. The first-order valence-corrected chi connectivity index (χ1v) is 10.4. The monoisotopic (exact) mass is 388 g/mol. The van der Waals surface area contributed by atoms with E-state index < -0.39 is 17.9 Å². The summed E-state index contributed by atoms with van der Waals surface area (Å²) in [7, 11) is 0. The molecular weight excluding hydrogens is 364 g/mol. The number of benzene rings is 2. The van der Waals surface area contributed by atoms with Crippen molar-refractivity contribution in [3.63, 3.8) is 0 Å². The third-order valence-electron chi connectivity index (χ3n) is 6.78. The molecule has 5 nitrogen and oxygen atoms in total. The lowest BCUT2D eigenvalue weighted by molar-refractivity contribution is -0.123. The fourth-order valence-corrected chi connectivity index (χ4v) is 5.42. The number of rotatable bonds is 4. The minimum atomic E-state index is -0.591. The number of anilines is 1. The van der Waals surface area contributed by atoms with E-state index in [2.05, 4.69) is 11.8 Å². The summed E-state index contributed by atoms with van der Waals surface area (Å²) < 4.78 is 0. The molecule has 29 heavy (non-hydrogen) atoms. The van der Waals surface area contributed by atoms with Gasteiger partial charge in [0.1, 0.15) is 0 Å². The van der Waals surface area contributed by atoms with Crippen LogP contribution >= 0.6 is 0 Å². The second kappa shape index (κ2) is 6.92. The number of fused-ring (bicyclic) bond motifs is 3. The number of hydrogen-bond acceptors (Lipinski definition) is 4. The van der Waals surface area contributed by atoms with Crippen molar-refractivity contribution in [3.05, 3.63) is 65.7 Å². The van der Waals surface area contributed by atoms with Crippen LogP contribution in [0, 0.1) is 11.8 Å². The van der Waals surface area contributed by atoms with E-state index in [1.807, 2.05) is 42.5 Å². The highest BCUT2D eigenvalue weighted by atomic mass is 16.2. The summed E-state index contributed by atoms with van der Waals surface area (Å²) in [5, 5.41) is 0. The second-order valence-electron chi connectivity index (χ2n) is 8.21. The van der Waals surface area contributed by atoms with E-state index >= 15 is 0 Å². The Labute approximate surface area is 170 Å². The van der Waals surface area contributed by atoms with Crippen molar-refractivity contribution in [2.45, 2.75) is 38.3 Å². The summed E-state index contributed by atoms with van der Waals surface area (Å²) >= 11 is 0. The molecule has 3 aliphatic rings. The minimum Gasteiger partial charge on any atom is -0.292 e. The lowest BCUT2D eigenvalue weighted by Gasteiger charge is -2.27. The van der Waals surface area contributed by atoms with Crippen molar-refractivity contribution < 1.29 is 14.4 Å². The van der Waals surface area contributed by atoms with Crippen LogP contribution in [0.2, 0.25) is 0 Å². The Bertz CT molecular complexity index is 969. The van der Waals surface area contributed by atoms with Crippen LogP contribution < -0.4 is 4.90 Å². The van der Waals surface area contributed by atoms with Gasteiger partial charge in [0.05, 0.1) is 23.6 Å². The number of aryl methyl sites for hydroxylation is 1. The van der Waals surface area contributed by atoms with Crippen LogP contribution in [-0.2, 0) is 16.0 Å². The Morgan fingerprint density at radius 2 is 1.66 bits per heavy atom. The van der Waals surface area contributed by atoms with Gasteiger partial charge in [-0.15, -0.1) is 0 Å². The van der Waals surface area contributed by atoms with Gasteiger partial charge in [-0.25, -0.2) is 4.90 Å². The maximum atomic E-state index is 13.5. The van der Waals surface area contributed by atoms with E-state index in [4.69, 9.17) is 0 Å². The highest BCUT2D eigenvalue weighted by Crippen LogP contribution is 2.48. The molecule has 2 aromatic carbocycles. The zero-order valence-electron chi connectivity index (χ0n) is 16.5. The number of amides is 2. The summed E-state index contributed by atoms with van der Waals surface area (Å²) in [4.78, 5) is 43.7. The Kier molecular flexibility index (Phi) is 4.36. The molecule has 3 saturated heterocycles. The molecule has 2 amide bonds. The van der Waals surface area contributed by atoms with Gasteiger partial charge in [0.25, 0.3) is 0 Å². The maximum absolute atomic E-state index is 13.5. The zero-order valence-corrected chi connectivity index (χ0v) is 16.5. The summed E-state index contributed by atoms with van der Waals surface area (Å²) in [6.07, 6.45) is 2.72. The maximum Gasteiger partial charge on any atom is 0.239 e. The van der Waals surface area contributed by atoms with Gasteiger partial charge in [-0.3, -0.25) is 19.3 Å². The number of carbonyl (C=O) groups excluding carboxylic acids is 3. The highest BCUT2D eigenvalue weighted by molar-refractivity contribution is 6.24. The Hall–Kier alpha value is -2.79. The topological polar surface area (TPSA) is 57.7 Å². The zero-order chi connectivity index (χ0) is 20.1. The van der Waals surface area contributed by atoms with E-state index in [0.29, 0.717) is 11.3 Å². The van der Waals surface area contributed by atoms with Crippen LogP contribution in [0.15, 0.2) is 54.6 Å². The molecule has 5 heteroatoms. The molecular formula is C24H24N2O3. The molecule has 0 aromatic heterocycles. The first-order valence-electron chi connectivity index (χ1n) is 10.4. The summed E-state index contributed by atoms with van der Waals surface area (Å²) in [5.41, 5.74) is 2.38. The van der Waals surface area contributed by atoms with Gasteiger partial charge >= 0.3 is 0 Å². The lowest BCUT2D eigenvalue weighted by atomic mass is 9.85. The van der Waals surface area contributed by atoms with E-state index in [1.54, 1.807) is 12.1 Å². The fraction of sp³-hybridized carbons (Fsp3) is 0.375. The van der Waals surface area contributed by atoms with E-state index in [1.165, 1.54) is 4.90 Å². The normalized spacial score (nSPS) is 28.7. The third-order valence-corrected chi connectivity index (χ3v) is 6.78. The molecule has 0 spiro atoms. The van der Waals surface area contributed by atoms with E-state index in [-0.39, 0.29) is 23.6 Å². The molecule has 148 valence electrons. The van der Waals surface area contributed by atoms with Crippen molar-refractivity contribution >= 4 is 23.3 Å². The summed E-state index contributed by atoms with van der Waals surface area (Å²) in [5.74, 6) is -1.44. The number of hydrogen-bond donors (Lipinski definition) is 0. The predicted octanol–water partition coefficient (Wildman–Crippen LogP) is 3.08. The van der Waals surface area contributed by atoms with Gasteiger partial charge in [0, 0.05) is 11.6 Å². The highest BCUT2D eigenvalue weighted by Gasteiger charge is 2.64. The first kappa shape index (κ1) is 18.3. The van der Waals surface area contributed by atoms with Crippen LogP contribution in [0.3, 0.4) is 0 Å². The quantitative estimate of drug-likeness (QED) is 0.597. The van der Waals surface area contributed by atoms with Crippen LogP contribution in [-0.4, -0.2) is 41.1 Å². The largest absolute Gasteiger partial charge is 0.292 e. The first-order chi connectivity index (χ1) is 14.1. The van der Waals surface area contributed by atoms with E-state index in [9.17, 15) is 14.4 Å². The number of Topliss-reactive ketones (excluding diaryl/α,β-unsaturated/α-hetero) is 1. The van der Waals surface area contributed by atoms with Gasteiger partial charge in [-0.1, -0.05) is 49.4 Å². The summed E-state index contributed by atoms with van der Waals surface area (Å²) in [6, 6.07) is 16.2. The fourth-order valence-electron chi connectivity index (χ4n) is 5.42. The molecule has 2 aromatic rings. The average molecular weight is 388 g/mol. The third kappa shape index (κ3) is 2.68. The summed E-state index contributed by atoms with van der Waals surface area (Å²) in [6.45, 7) is 2.84. The second-order valence-corrected chi connectivity index (χ2v) is 8.21. The Balaban J connectivity index is 1.53. The molecule has 3 heterocycles. The number of imide groups is 1. The molecule has 0 radical (unpaired) electrons. The number of ketones is 1. The van der Waals surface area contributed by atoms with Crippen LogP contribution in [0.1, 0.15) is 35.7 Å². The molecule has 4 atom stereocenters. The molecule has 3 fully saturated rings. The molecule has 0 aliphatic carbocycles. The van der Waals surface area contributed by atoms with Gasteiger partial charge in [-0.05, 0) is 43.5 Å². The molecule has 5 rings (SSSR count). The number of carbonyl (C=O) groups is 3. The predicted molar refractivity (Wildman–Crippen MR) is 110 cm³/mol. The van der Waals surface area contributed by atoms with Crippen LogP contribution in [0.4, 0.5) is 5.69 Å². The molecule has 0 saturated carbocycles. The average Bonchev–Trinajstić information content (AvgIpc) is 3.40. The van der Waals surface area contributed by atoms with Crippen molar-refractivity contribution in [2.24, 2.45) is 11.8 Å². The van der Waals surface area contributed by atoms with Crippen LogP contribution in [0.5, 0.6) is 0 Å². The van der Waals surface area contributed by atoms with Crippen molar-refractivity contribution in [2.75, 3.05) is 11.4 Å². The standard InChI is InChI=1S/C24H24N2O3/c1-2-15-10-12-17(13-11-15)26-23(28)19-18-9-6-14-25(18)21(20(19)24(26)29)22(27)16-7-4-3-5-8-16/h3-5,7-8,10-13,18-21H,2,6,9,14H2,1H3/t18-,19+,20-,21+/m1/s1. The SMILES string of the molecule is CCc1ccc(N2C(=O)[C@@H]3[C@@H](C2=O)[C@@H](C(=O)c2ccccc2)N2CCC[C@H]32)cc1. The van der Waals surface area contributed by atoms with Crippen molar-refractivity contribution in [1.82, 2.24) is 4.90 Å². The van der Waals surface area contributed by atoms with Gasteiger partial charge in [0.15, 0.2) is 5.78 Å². The van der Waals surface area contributed by atoms with Gasteiger partial charge in [-0.2, -0.15) is 0 Å². The van der Waals surface area contributed by atoms with E-state index in [0.717, 1.165) is 31.4 Å². The van der Waals surface area contributed by atoms with Crippen molar-refractivity contribution in [3.8, 4) is 0 Å². The molecule has 0 N–H and O–H groups in total. The Morgan fingerprint density at radius 1 is 0.966 bits per heavy atom. The lowest BCUT2D eigenvalue weighted by Crippen LogP contribution is -2.46. The van der Waals surface area contributed by atoms with Gasteiger partial charge in [0.2, 0.25) is 11.8 Å². The smallest absolute Gasteiger partial charge is 0.239 e. The molecule has 3 aliphatic heterocycles. The van der Waals surface area contributed by atoms with Crippen LogP contribution in [0.25, 0.3) is 0 Å². The molecule has 0 bridgehead atoms. The Morgan fingerprint density at radius 3 is 2.34 bits per heavy atom. The molecule has 0 unspecified atom stereocenters. The van der Waals surface area contributed by atoms with Crippen molar-refractivity contribution in [1.29, 1.82) is 0 Å².